The Morgan fingerprint density at radius 3 is 2.68 bits per heavy atom. The number of aliphatic hydroxyl groups excluding tert-OH is 1. The van der Waals surface area contributed by atoms with Gasteiger partial charge in [0.2, 0.25) is 0 Å². The van der Waals surface area contributed by atoms with Crippen LogP contribution < -0.4 is 0 Å². The lowest BCUT2D eigenvalue weighted by Crippen LogP contribution is -1.94. The highest BCUT2D eigenvalue weighted by Crippen LogP contribution is 2.34. The third-order valence-electron chi connectivity index (χ3n) is 2.62. The minimum Gasteiger partial charge on any atom is -0.389 e. The lowest BCUT2D eigenvalue weighted by Gasteiger charge is -2.12. The van der Waals surface area contributed by atoms with Gasteiger partial charge in [-0.2, -0.15) is 5.26 Å². The molecule has 96 valence electrons. The Morgan fingerprint density at radius 1 is 1.26 bits per heavy atom. The van der Waals surface area contributed by atoms with E-state index in [-0.39, 0.29) is 5.82 Å². The average Bonchev–Trinajstić information content (AvgIpc) is 2.38. The smallest absolute Gasteiger partial charge is 0.124 e. The van der Waals surface area contributed by atoms with Crippen LogP contribution >= 0.6 is 11.8 Å². The predicted molar refractivity (Wildman–Crippen MR) is 72.3 cm³/mol. The van der Waals surface area contributed by atoms with E-state index >= 15 is 0 Å². The first-order valence-electron chi connectivity index (χ1n) is 5.75. The Bertz CT molecular complexity index is 634. The Kier molecular flexibility index (Phi) is 4.20. The predicted octanol–water partition coefficient (Wildman–Crippen LogP) is 3.90. The van der Waals surface area contributed by atoms with Gasteiger partial charge in [0.05, 0.1) is 17.7 Å². The van der Waals surface area contributed by atoms with Crippen LogP contribution in [-0.4, -0.2) is 5.11 Å². The van der Waals surface area contributed by atoms with E-state index in [4.69, 9.17) is 5.26 Å². The monoisotopic (exact) mass is 273 g/mol. The number of benzene rings is 2. The van der Waals surface area contributed by atoms with E-state index in [2.05, 4.69) is 6.07 Å². The molecule has 1 unspecified atom stereocenters. The molecule has 0 aromatic heterocycles. The third-order valence-corrected chi connectivity index (χ3v) is 3.68. The molecule has 19 heavy (non-hydrogen) atoms. The number of aliphatic hydroxyl groups is 1. The first kappa shape index (κ1) is 13.6. The molecule has 0 aliphatic carbocycles. The largest absolute Gasteiger partial charge is 0.389 e. The van der Waals surface area contributed by atoms with Gasteiger partial charge in [0.25, 0.3) is 0 Å². The Balaban J connectivity index is 2.40. The van der Waals surface area contributed by atoms with E-state index in [0.29, 0.717) is 5.56 Å². The summed E-state index contributed by atoms with van der Waals surface area (Å²) >= 11 is 1.34. The van der Waals surface area contributed by atoms with E-state index in [0.717, 1.165) is 15.4 Å². The van der Waals surface area contributed by atoms with Gasteiger partial charge in [-0.15, -0.1) is 0 Å². The van der Waals surface area contributed by atoms with Gasteiger partial charge in [0.1, 0.15) is 5.82 Å². The van der Waals surface area contributed by atoms with Crippen molar-refractivity contribution in [2.24, 2.45) is 0 Å². The molecule has 0 spiro atoms. The summed E-state index contributed by atoms with van der Waals surface area (Å²) in [5.74, 6) is -0.306. The van der Waals surface area contributed by atoms with Gasteiger partial charge in [-0.1, -0.05) is 23.9 Å². The molecule has 1 N–H and O–H groups in total. The van der Waals surface area contributed by atoms with Gasteiger partial charge in [-0.3, -0.25) is 0 Å². The second-order valence-corrected chi connectivity index (χ2v) is 5.22. The lowest BCUT2D eigenvalue weighted by atomic mass is 10.1. The van der Waals surface area contributed by atoms with Crippen molar-refractivity contribution in [3.63, 3.8) is 0 Å². The summed E-state index contributed by atoms with van der Waals surface area (Å²) in [6.07, 6.45) is -0.635. The minimum atomic E-state index is -0.635. The number of hydrogen-bond acceptors (Lipinski definition) is 3. The molecule has 0 fully saturated rings. The first-order valence-corrected chi connectivity index (χ1v) is 6.57. The molecule has 0 aliphatic rings. The number of halogens is 1. The van der Waals surface area contributed by atoms with Crippen molar-refractivity contribution in [3.8, 4) is 6.07 Å². The van der Waals surface area contributed by atoms with Crippen molar-refractivity contribution in [2.45, 2.75) is 22.8 Å². The Hall–Kier alpha value is -1.83. The van der Waals surface area contributed by atoms with Crippen LogP contribution in [-0.2, 0) is 0 Å². The van der Waals surface area contributed by atoms with Crippen LogP contribution in [0.15, 0.2) is 52.3 Å². The van der Waals surface area contributed by atoms with Crippen molar-refractivity contribution in [3.05, 3.63) is 59.4 Å². The topological polar surface area (TPSA) is 44.0 Å². The second kappa shape index (κ2) is 5.87. The zero-order valence-corrected chi connectivity index (χ0v) is 11.1. The van der Waals surface area contributed by atoms with Crippen molar-refractivity contribution >= 4 is 11.8 Å². The van der Waals surface area contributed by atoms with Gasteiger partial charge in [-0.25, -0.2) is 4.39 Å². The highest BCUT2D eigenvalue weighted by atomic mass is 32.2. The average molecular weight is 273 g/mol. The van der Waals surface area contributed by atoms with Gasteiger partial charge < -0.3 is 5.11 Å². The molecule has 0 aliphatic heterocycles. The Morgan fingerprint density at radius 2 is 2.05 bits per heavy atom. The maximum absolute atomic E-state index is 13.2. The summed E-state index contributed by atoms with van der Waals surface area (Å²) in [5.41, 5.74) is 1.25. The van der Waals surface area contributed by atoms with Crippen LogP contribution in [0.25, 0.3) is 0 Å². The molecule has 0 saturated heterocycles. The maximum Gasteiger partial charge on any atom is 0.124 e. The van der Waals surface area contributed by atoms with Gasteiger partial charge in [-0.05, 0) is 42.8 Å². The summed E-state index contributed by atoms with van der Waals surface area (Å²) in [6, 6.07) is 13.4. The molecular formula is C15H12FNOS. The summed E-state index contributed by atoms with van der Waals surface area (Å²) < 4.78 is 13.2. The summed E-state index contributed by atoms with van der Waals surface area (Å²) in [6.45, 7) is 1.66. The zero-order valence-electron chi connectivity index (χ0n) is 10.3. The number of nitrogens with zero attached hydrogens (tertiary/aromatic N) is 1. The van der Waals surface area contributed by atoms with E-state index in [1.165, 1.54) is 23.9 Å². The van der Waals surface area contributed by atoms with Crippen molar-refractivity contribution in [1.29, 1.82) is 5.26 Å². The molecule has 0 bridgehead atoms. The van der Waals surface area contributed by atoms with Gasteiger partial charge in [0, 0.05) is 9.79 Å². The molecule has 1 atom stereocenters. The molecule has 2 aromatic carbocycles. The molecule has 2 aromatic rings. The quantitative estimate of drug-likeness (QED) is 0.922. The molecule has 2 nitrogen and oxygen atoms in total. The zero-order chi connectivity index (χ0) is 13.8. The summed E-state index contributed by atoms with van der Waals surface area (Å²) in [7, 11) is 0. The highest BCUT2D eigenvalue weighted by molar-refractivity contribution is 7.99. The summed E-state index contributed by atoms with van der Waals surface area (Å²) in [4.78, 5) is 1.50. The fourth-order valence-corrected chi connectivity index (χ4v) is 2.81. The van der Waals surface area contributed by atoms with Gasteiger partial charge in [0.15, 0.2) is 0 Å². The molecule has 2 rings (SSSR count). The van der Waals surface area contributed by atoms with Crippen LogP contribution in [0.4, 0.5) is 4.39 Å². The molecule has 0 saturated carbocycles. The number of rotatable bonds is 3. The van der Waals surface area contributed by atoms with E-state index in [1.807, 2.05) is 0 Å². The summed E-state index contributed by atoms with van der Waals surface area (Å²) in [5, 5.41) is 18.7. The van der Waals surface area contributed by atoms with Crippen LogP contribution in [0.1, 0.15) is 24.2 Å². The fourth-order valence-electron chi connectivity index (χ4n) is 1.69. The number of hydrogen-bond donors (Lipinski definition) is 1. The van der Waals surface area contributed by atoms with Crippen LogP contribution in [0.5, 0.6) is 0 Å². The molecule has 0 radical (unpaired) electrons. The lowest BCUT2D eigenvalue weighted by molar-refractivity contribution is 0.196. The fraction of sp³-hybridized carbons (Fsp3) is 0.133. The Labute approximate surface area is 115 Å². The van der Waals surface area contributed by atoms with E-state index in [9.17, 15) is 9.50 Å². The second-order valence-electron chi connectivity index (χ2n) is 4.10. The molecule has 0 heterocycles. The molecular weight excluding hydrogens is 261 g/mol. The molecule has 4 heteroatoms. The van der Waals surface area contributed by atoms with Crippen LogP contribution in [0.2, 0.25) is 0 Å². The van der Waals surface area contributed by atoms with E-state index < -0.39 is 6.10 Å². The van der Waals surface area contributed by atoms with E-state index in [1.54, 1.807) is 37.3 Å². The normalized spacial score (nSPS) is 11.9. The SMILES string of the molecule is CC(O)c1ccc(C#N)cc1Sc1cccc(F)c1. The van der Waals surface area contributed by atoms with Crippen molar-refractivity contribution < 1.29 is 9.50 Å². The van der Waals surface area contributed by atoms with Gasteiger partial charge >= 0.3 is 0 Å². The molecule has 0 amide bonds. The maximum atomic E-state index is 13.2. The van der Waals surface area contributed by atoms with Crippen LogP contribution in [0.3, 0.4) is 0 Å². The highest BCUT2D eigenvalue weighted by Gasteiger charge is 2.10. The first-order chi connectivity index (χ1) is 9.10. The van der Waals surface area contributed by atoms with Crippen molar-refractivity contribution in [2.75, 3.05) is 0 Å². The van der Waals surface area contributed by atoms with Crippen molar-refractivity contribution in [1.82, 2.24) is 0 Å². The van der Waals surface area contributed by atoms with Crippen LogP contribution in [0, 0.1) is 17.1 Å². The third kappa shape index (κ3) is 3.34. The standard InChI is InChI=1S/C15H12FNOS/c1-10(18)14-6-5-11(9-17)7-15(14)19-13-4-2-3-12(16)8-13/h2-8,10,18H,1H3. The number of nitriles is 1. The minimum absolute atomic E-state index is 0.306.